The zero-order chi connectivity index (χ0) is 20.9. The Morgan fingerprint density at radius 2 is 1.70 bits per heavy atom. The highest BCUT2D eigenvalue weighted by Gasteiger charge is 2.07. The number of benzene rings is 2. The van der Waals surface area contributed by atoms with Crippen LogP contribution in [-0.4, -0.2) is 20.6 Å². The largest absolute Gasteiger partial charge is 0.439 e. The number of hydrogen-bond acceptors (Lipinski definition) is 4. The van der Waals surface area contributed by atoms with Gasteiger partial charge in [0.15, 0.2) is 0 Å². The fraction of sp³-hybridized carbons (Fsp3) is 0.0870. The minimum absolute atomic E-state index is 0.301. The van der Waals surface area contributed by atoms with Crippen LogP contribution in [0, 0.1) is 13.8 Å². The average Bonchev–Trinajstić information content (AvgIpc) is 3.28. The van der Waals surface area contributed by atoms with E-state index in [1.807, 2.05) is 61.1 Å². The Kier molecular flexibility index (Phi) is 5.43. The van der Waals surface area contributed by atoms with Crippen molar-refractivity contribution < 1.29 is 9.53 Å². The topological polar surface area (TPSA) is 81.1 Å². The van der Waals surface area contributed by atoms with Gasteiger partial charge in [0.05, 0.1) is 0 Å². The van der Waals surface area contributed by atoms with Gasteiger partial charge in [-0.3, -0.25) is 0 Å². The van der Waals surface area contributed by atoms with Gasteiger partial charge in [-0.1, -0.05) is 12.1 Å². The fourth-order valence-corrected chi connectivity index (χ4v) is 2.91. The summed E-state index contributed by atoms with van der Waals surface area (Å²) in [5, 5.41) is 5.69. The molecule has 0 aliphatic rings. The van der Waals surface area contributed by atoms with Crippen molar-refractivity contribution in [2.75, 3.05) is 10.6 Å². The van der Waals surface area contributed by atoms with Crippen LogP contribution in [-0.2, 0) is 0 Å². The Morgan fingerprint density at radius 3 is 2.47 bits per heavy atom. The van der Waals surface area contributed by atoms with Gasteiger partial charge in [-0.2, -0.15) is 0 Å². The van der Waals surface area contributed by atoms with E-state index >= 15 is 0 Å². The molecule has 0 bridgehead atoms. The summed E-state index contributed by atoms with van der Waals surface area (Å²) >= 11 is 0. The van der Waals surface area contributed by atoms with Crippen LogP contribution >= 0.6 is 0 Å². The third-order valence-electron chi connectivity index (χ3n) is 4.68. The van der Waals surface area contributed by atoms with Gasteiger partial charge >= 0.3 is 6.03 Å². The standard InChI is InChI=1S/C23H21N5O2/c1-16-6-5-7-20(17(16)2)27-23(29)26-18-8-10-19(11-9-18)30-22-14-21(24-15-25-22)28-12-3-4-13-28/h3-15H,1-2H3,(H2,26,27,29). The second kappa shape index (κ2) is 8.48. The molecule has 0 atom stereocenters. The van der Waals surface area contributed by atoms with Crippen LogP contribution in [0.2, 0.25) is 0 Å². The number of nitrogens with one attached hydrogen (secondary N) is 2. The van der Waals surface area contributed by atoms with Gasteiger partial charge in [0.2, 0.25) is 5.88 Å². The summed E-state index contributed by atoms with van der Waals surface area (Å²) in [6.45, 7) is 3.99. The lowest BCUT2D eigenvalue weighted by molar-refractivity contribution is 0.262. The molecular formula is C23H21N5O2. The summed E-state index contributed by atoms with van der Waals surface area (Å²) in [5.41, 5.74) is 3.61. The number of carbonyl (C=O) groups is 1. The smallest absolute Gasteiger partial charge is 0.323 e. The third kappa shape index (κ3) is 4.47. The average molecular weight is 399 g/mol. The van der Waals surface area contributed by atoms with Crippen LogP contribution in [0.15, 0.2) is 79.4 Å². The van der Waals surface area contributed by atoms with Gasteiger partial charge in [0, 0.05) is 29.8 Å². The SMILES string of the molecule is Cc1cccc(NC(=O)Nc2ccc(Oc3cc(-n4cccc4)ncn3)cc2)c1C. The monoisotopic (exact) mass is 399 g/mol. The Balaban J connectivity index is 1.39. The normalized spacial score (nSPS) is 10.5. The number of anilines is 2. The first kappa shape index (κ1) is 19.2. The van der Waals surface area contributed by atoms with Crippen LogP contribution in [0.3, 0.4) is 0 Å². The van der Waals surface area contributed by atoms with E-state index in [-0.39, 0.29) is 6.03 Å². The highest BCUT2D eigenvalue weighted by molar-refractivity contribution is 6.00. The van der Waals surface area contributed by atoms with Crippen molar-refractivity contribution in [3.63, 3.8) is 0 Å². The molecule has 2 heterocycles. The number of hydrogen-bond donors (Lipinski definition) is 2. The number of aromatic nitrogens is 3. The van der Waals surface area contributed by atoms with Crippen molar-refractivity contribution in [3.8, 4) is 17.4 Å². The number of nitrogens with zero attached hydrogens (tertiary/aromatic N) is 3. The molecule has 0 aliphatic carbocycles. The molecule has 2 N–H and O–H groups in total. The van der Waals surface area contributed by atoms with E-state index in [1.165, 1.54) is 6.33 Å². The number of carbonyl (C=O) groups excluding carboxylic acids is 1. The molecule has 2 amide bonds. The predicted octanol–water partition coefficient (Wildman–Crippen LogP) is 5.32. The molecule has 0 saturated carbocycles. The van der Waals surface area contributed by atoms with Crippen LogP contribution in [0.25, 0.3) is 5.82 Å². The molecule has 0 aliphatic heterocycles. The molecule has 4 rings (SSSR count). The van der Waals surface area contributed by atoms with Gasteiger partial charge in [-0.15, -0.1) is 0 Å². The third-order valence-corrected chi connectivity index (χ3v) is 4.68. The summed E-state index contributed by atoms with van der Waals surface area (Å²) in [6, 6.07) is 18.2. The molecule has 0 radical (unpaired) electrons. The molecular weight excluding hydrogens is 378 g/mol. The molecule has 2 aromatic heterocycles. The highest BCUT2D eigenvalue weighted by atomic mass is 16.5. The zero-order valence-electron chi connectivity index (χ0n) is 16.7. The predicted molar refractivity (Wildman–Crippen MR) is 116 cm³/mol. The first-order chi connectivity index (χ1) is 14.6. The summed E-state index contributed by atoms with van der Waals surface area (Å²) in [6.07, 6.45) is 5.25. The van der Waals surface area contributed by atoms with Crippen LogP contribution in [0.5, 0.6) is 11.6 Å². The van der Waals surface area contributed by atoms with Gasteiger partial charge in [0.25, 0.3) is 0 Å². The molecule has 30 heavy (non-hydrogen) atoms. The van der Waals surface area contributed by atoms with Crippen molar-refractivity contribution in [2.24, 2.45) is 0 Å². The molecule has 0 spiro atoms. The second-order valence-electron chi connectivity index (χ2n) is 6.76. The van der Waals surface area contributed by atoms with E-state index in [9.17, 15) is 4.79 Å². The number of aryl methyl sites for hydroxylation is 1. The van der Waals surface area contributed by atoms with Crippen molar-refractivity contribution in [3.05, 3.63) is 90.5 Å². The number of amides is 2. The van der Waals surface area contributed by atoms with Crippen molar-refractivity contribution in [1.82, 2.24) is 14.5 Å². The lowest BCUT2D eigenvalue weighted by Gasteiger charge is -2.12. The molecule has 0 saturated heterocycles. The van der Waals surface area contributed by atoms with Crippen molar-refractivity contribution in [2.45, 2.75) is 13.8 Å². The van der Waals surface area contributed by atoms with Gasteiger partial charge in [0.1, 0.15) is 17.9 Å². The number of rotatable bonds is 5. The van der Waals surface area contributed by atoms with Gasteiger partial charge in [-0.25, -0.2) is 14.8 Å². The van der Waals surface area contributed by atoms with E-state index in [4.69, 9.17) is 4.74 Å². The van der Waals surface area contributed by atoms with Crippen LogP contribution < -0.4 is 15.4 Å². The van der Waals surface area contributed by atoms with Crippen molar-refractivity contribution >= 4 is 17.4 Å². The summed E-state index contributed by atoms with van der Waals surface area (Å²) in [7, 11) is 0. The summed E-state index contributed by atoms with van der Waals surface area (Å²) in [4.78, 5) is 20.7. The molecule has 0 fully saturated rings. The maximum absolute atomic E-state index is 12.3. The van der Waals surface area contributed by atoms with E-state index in [2.05, 4.69) is 20.6 Å². The van der Waals surface area contributed by atoms with Gasteiger partial charge in [-0.05, 0) is 67.4 Å². The summed E-state index contributed by atoms with van der Waals surface area (Å²) in [5.74, 6) is 1.75. The highest BCUT2D eigenvalue weighted by Crippen LogP contribution is 2.23. The van der Waals surface area contributed by atoms with Gasteiger partial charge < -0.3 is 19.9 Å². The van der Waals surface area contributed by atoms with E-state index in [1.54, 1.807) is 30.3 Å². The zero-order valence-corrected chi connectivity index (χ0v) is 16.7. The quantitative estimate of drug-likeness (QED) is 0.476. The Bertz CT molecular complexity index is 1150. The van der Waals surface area contributed by atoms with Crippen LogP contribution in [0.4, 0.5) is 16.2 Å². The van der Waals surface area contributed by atoms with Crippen molar-refractivity contribution in [1.29, 1.82) is 0 Å². The lowest BCUT2D eigenvalue weighted by Crippen LogP contribution is -2.20. The second-order valence-corrected chi connectivity index (χ2v) is 6.76. The Morgan fingerprint density at radius 1 is 0.933 bits per heavy atom. The molecule has 7 heteroatoms. The molecule has 7 nitrogen and oxygen atoms in total. The van der Waals surface area contributed by atoms with E-state index < -0.39 is 0 Å². The first-order valence-electron chi connectivity index (χ1n) is 9.46. The molecule has 0 unspecified atom stereocenters. The summed E-state index contributed by atoms with van der Waals surface area (Å²) < 4.78 is 7.68. The number of urea groups is 1. The molecule has 2 aromatic carbocycles. The Labute approximate surface area is 174 Å². The molecule has 4 aromatic rings. The molecule has 150 valence electrons. The minimum Gasteiger partial charge on any atom is -0.439 e. The fourth-order valence-electron chi connectivity index (χ4n) is 2.91. The minimum atomic E-state index is -0.301. The Hall–Kier alpha value is -4.13. The maximum atomic E-state index is 12.3. The van der Waals surface area contributed by atoms with Crippen LogP contribution in [0.1, 0.15) is 11.1 Å². The van der Waals surface area contributed by atoms with E-state index in [0.29, 0.717) is 23.1 Å². The lowest BCUT2D eigenvalue weighted by atomic mass is 10.1. The maximum Gasteiger partial charge on any atom is 0.323 e. The van der Waals surface area contributed by atoms with E-state index in [0.717, 1.165) is 16.8 Å². The number of ether oxygens (including phenoxy) is 1. The first-order valence-corrected chi connectivity index (χ1v) is 9.46.